The number of hydrogen-bond acceptors (Lipinski definition) is 5. The molecular weight excluding hydrogens is 369 g/mol. The maximum Gasteiger partial charge on any atom is 0.319 e. The first kappa shape index (κ1) is 21.8. The Bertz CT molecular complexity index is 659. The van der Waals surface area contributed by atoms with Crippen molar-refractivity contribution < 1.29 is 18.5 Å². The Morgan fingerprint density at radius 3 is 2.32 bits per heavy atom. The van der Waals surface area contributed by atoms with Crippen LogP contribution in [-0.4, -0.2) is 42.3 Å². The van der Waals surface area contributed by atoms with E-state index in [1.165, 1.54) is 0 Å². The number of anilines is 1. The van der Waals surface area contributed by atoms with E-state index >= 15 is 0 Å². The first-order chi connectivity index (χ1) is 11.2. The van der Waals surface area contributed by atoms with E-state index in [-0.39, 0.29) is 16.9 Å². The van der Waals surface area contributed by atoms with Crippen LogP contribution in [0.15, 0.2) is 6.20 Å². The van der Waals surface area contributed by atoms with Crippen molar-refractivity contribution in [3.63, 3.8) is 0 Å². The molecule has 1 aromatic rings. The van der Waals surface area contributed by atoms with E-state index in [4.69, 9.17) is 11.6 Å². The molecule has 1 rings (SSSR count). The molecule has 0 aliphatic rings. The van der Waals surface area contributed by atoms with Crippen molar-refractivity contribution in [2.75, 3.05) is 11.1 Å². The summed E-state index contributed by atoms with van der Waals surface area (Å²) in [5, 5.41) is 11.2. The summed E-state index contributed by atoms with van der Waals surface area (Å²) in [6.45, 7) is 10.8. The Kier molecular flexibility index (Phi) is 6.92. The third-order valence-electron chi connectivity index (χ3n) is 3.68. The second-order valence-corrected chi connectivity index (χ2v) is 9.93. The van der Waals surface area contributed by atoms with Gasteiger partial charge in [-0.1, -0.05) is 41.5 Å². The average Bonchev–Trinajstić information content (AvgIpc) is 2.38. The Morgan fingerprint density at radius 2 is 1.88 bits per heavy atom. The van der Waals surface area contributed by atoms with E-state index < -0.39 is 44.7 Å². The van der Waals surface area contributed by atoms with Crippen LogP contribution >= 0.6 is 11.6 Å². The van der Waals surface area contributed by atoms with Crippen LogP contribution in [0.1, 0.15) is 41.5 Å². The SMILES string of the molecule is CC(C)(C)C(C(=O)O)S(=O)C[C@H](Nc1nc(Cl)ncc1F)C(C)(C)C. The maximum absolute atomic E-state index is 13.9. The lowest BCUT2D eigenvalue weighted by Gasteiger charge is -2.34. The summed E-state index contributed by atoms with van der Waals surface area (Å²) in [7, 11) is -1.68. The van der Waals surface area contributed by atoms with Gasteiger partial charge in [0.05, 0.1) is 6.20 Å². The number of hydrogen-bond donors (Lipinski definition) is 2. The van der Waals surface area contributed by atoms with Gasteiger partial charge in [-0.3, -0.25) is 9.00 Å². The van der Waals surface area contributed by atoms with Gasteiger partial charge in [-0.2, -0.15) is 4.98 Å². The van der Waals surface area contributed by atoms with Crippen LogP contribution in [0.4, 0.5) is 10.2 Å². The van der Waals surface area contributed by atoms with Gasteiger partial charge in [0.1, 0.15) is 5.25 Å². The Labute approximate surface area is 155 Å². The van der Waals surface area contributed by atoms with Crippen LogP contribution in [-0.2, 0) is 15.6 Å². The van der Waals surface area contributed by atoms with Crippen molar-refractivity contribution in [3.05, 3.63) is 17.3 Å². The summed E-state index contributed by atoms with van der Waals surface area (Å²) in [6, 6.07) is -0.488. The normalized spacial score (nSPS) is 16.2. The minimum Gasteiger partial charge on any atom is -0.480 e. The first-order valence-electron chi connectivity index (χ1n) is 7.78. The Balaban J connectivity index is 3.10. The predicted octanol–water partition coefficient (Wildman–Crippen LogP) is 3.34. The lowest BCUT2D eigenvalue weighted by Crippen LogP contribution is -2.45. The molecule has 0 aromatic carbocycles. The summed E-state index contributed by atoms with van der Waals surface area (Å²) < 4.78 is 26.7. The minimum absolute atomic E-state index is 0.0266. The molecule has 0 radical (unpaired) electrons. The van der Waals surface area contributed by atoms with Crippen LogP contribution in [0, 0.1) is 16.6 Å². The monoisotopic (exact) mass is 393 g/mol. The van der Waals surface area contributed by atoms with Crippen molar-refractivity contribution >= 4 is 34.2 Å². The number of aromatic nitrogens is 2. The summed E-state index contributed by atoms with van der Waals surface area (Å²) in [5.41, 5.74) is -1.11. The lowest BCUT2D eigenvalue weighted by molar-refractivity contribution is -0.138. The number of rotatable bonds is 6. The number of halogens is 2. The van der Waals surface area contributed by atoms with Gasteiger partial charge < -0.3 is 10.4 Å². The summed E-state index contributed by atoms with van der Waals surface area (Å²) in [5.74, 6) is -1.87. The zero-order chi connectivity index (χ0) is 19.6. The smallest absolute Gasteiger partial charge is 0.319 e. The standard InChI is InChI=1S/C16H25ClFN3O3S/c1-15(2,3)10(20-12-9(18)7-19-14(17)21-12)8-25(24)11(13(22)23)16(4,5)6/h7,10-11H,8H2,1-6H3,(H,22,23)(H,19,20,21)/t10-,11?,25?/m0/s1. The fourth-order valence-corrected chi connectivity index (χ4v) is 4.51. The molecule has 0 amide bonds. The Hall–Kier alpha value is -1.28. The molecule has 6 nitrogen and oxygen atoms in total. The molecule has 1 heterocycles. The largest absolute Gasteiger partial charge is 0.480 e. The van der Waals surface area contributed by atoms with Crippen LogP contribution in [0.25, 0.3) is 0 Å². The summed E-state index contributed by atoms with van der Waals surface area (Å²) in [6.07, 6.45) is 0.948. The fraction of sp³-hybridized carbons (Fsp3) is 0.688. The third-order valence-corrected chi connectivity index (χ3v) is 5.95. The molecular formula is C16H25ClFN3O3S. The molecule has 0 saturated carbocycles. The van der Waals surface area contributed by atoms with Gasteiger partial charge >= 0.3 is 5.97 Å². The van der Waals surface area contributed by atoms with E-state index in [9.17, 15) is 18.5 Å². The predicted molar refractivity (Wildman–Crippen MR) is 97.8 cm³/mol. The van der Waals surface area contributed by atoms with Crippen molar-refractivity contribution in [1.82, 2.24) is 9.97 Å². The quantitative estimate of drug-likeness (QED) is 0.720. The maximum atomic E-state index is 13.9. The number of nitrogens with one attached hydrogen (secondary N) is 1. The van der Waals surface area contributed by atoms with Crippen LogP contribution in [0.2, 0.25) is 5.28 Å². The van der Waals surface area contributed by atoms with E-state index in [2.05, 4.69) is 15.3 Å². The molecule has 0 aliphatic carbocycles. The molecule has 0 aliphatic heterocycles. The average molecular weight is 394 g/mol. The highest BCUT2D eigenvalue weighted by Crippen LogP contribution is 2.29. The second kappa shape index (κ2) is 7.95. The number of carboxylic acid groups (broad SMARTS) is 1. The first-order valence-corrected chi connectivity index (χ1v) is 9.54. The van der Waals surface area contributed by atoms with Crippen LogP contribution in [0.3, 0.4) is 0 Å². The third kappa shape index (κ3) is 6.18. The molecule has 2 unspecified atom stereocenters. The van der Waals surface area contributed by atoms with Gasteiger partial charge in [-0.15, -0.1) is 0 Å². The number of nitrogens with zero attached hydrogens (tertiary/aromatic N) is 2. The van der Waals surface area contributed by atoms with Crippen LogP contribution < -0.4 is 5.32 Å². The molecule has 0 saturated heterocycles. The molecule has 0 spiro atoms. The second-order valence-electron chi connectivity index (χ2n) is 8.03. The number of carbonyl (C=O) groups is 1. The van der Waals surface area contributed by atoms with E-state index in [0.29, 0.717) is 0 Å². The van der Waals surface area contributed by atoms with Gasteiger partial charge in [0, 0.05) is 22.6 Å². The zero-order valence-electron chi connectivity index (χ0n) is 15.3. The van der Waals surface area contributed by atoms with Crippen molar-refractivity contribution in [3.8, 4) is 0 Å². The van der Waals surface area contributed by atoms with Gasteiger partial charge in [0.15, 0.2) is 11.6 Å². The molecule has 25 heavy (non-hydrogen) atoms. The Morgan fingerprint density at radius 1 is 1.32 bits per heavy atom. The highest BCUT2D eigenvalue weighted by atomic mass is 35.5. The van der Waals surface area contributed by atoms with Crippen molar-refractivity contribution in [2.24, 2.45) is 10.8 Å². The molecule has 0 bridgehead atoms. The number of aliphatic carboxylic acids is 1. The number of carboxylic acids is 1. The molecule has 142 valence electrons. The highest BCUT2D eigenvalue weighted by molar-refractivity contribution is 7.86. The van der Waals surface area contributed by atoms with Gasteiger partial charge in [-0.25, -0.2) is 9.37 Å². The van der Waals surface area contributed by atoms with Gasteiger partial charge in [-0.05, 0) is 22.4 Å². The molecule has 3 atom stereocenters. The van der Waals surface area contributed by atoms with Gasteiger partial charge in [0.25, 0.3) is 0 Å². The highest BCUT2D eigenvalue weighted by Gasteiger charge is 2.39. The van der Waals surface area contributed by atoms with Crippen LogP contribution in [0.5, 0.6) is 0 Å². The lowest BCUT2D eigenvalue weighted by atomic mass is 9.88. The van der Waals surface area contributed by atoms with Gasteiger partial charge in [0.2, 0.25) is 5.28 Å². The molecule has 2 N–H and O–H groups in total. The summed E-state index contributed by atoms with van der Waals surface area (Å²) in [4.78, 5) is 18.9. The van der Waals surface area contributed by atoms with E-state index in [1.807, 2.05) is 20.8 Å². The van der Waals surface area contributed by atoms with E-state index in [1.54, 1.807) is 20.8 Å². The topological polar surface area (TPSA) is 92.2 Å². The molecule has 0 fully saturated rings. The molecule has 9 heteroatoms. The zero-order valence-corrected chi connectivity index (χ0v) is 16.8. The minimum atomic E-state index is -1.68. The van der Waals surface area contributed by atoms with Crippen molar-refractivity contribution in [2.45, 2.75) is 52.8 Å². The molecule has 1 aromatic heterocycles. The van der Waals surface area contributed by atoms with E-state index in [0.717, 1.165) is 6.20 Å². The fourth-order valence-electron chi connectivity index (χ4n) is 2.26. The van der Waals surface area contributed by atoms with Crippen molar-refractivity contribution in [1.29, 1.82) is 0 Å². The summed E-state index contributed by atoms with van der Waals surface area (Å²) >= 11 is 5.71.